The first-order valence-electron chi connectivity index (χ1n) is 7.64. The summed E-state index contributed by atoms with van der Waals surface area (Å²) in [5.41, 5.74) is 2.01. The van der Waals surface area contributed by atoms with Crippen LogP contribution in [0.15, 0.2) is 54.6 Å². The highest BCUT2D eigenvalue weighted by molar-refractivity contribution is 5.51. The first kappa shape index (κ1) is 16.1. The van der Waals surface area contributed by atoms with Crippen molar-refractivity contribution in [2.24, 2.45) is 0 Å². The van der Waals surface area contributed by atoms with E-state index in [1.165, 1.54) is 5.56 Å². The van der Waals surface area contributed by atoms with Crippen molar-refractivity contribution >= 4 is 6.41 Å². The van der Waals surface area contributed by atoms with Crippen LogP contribution in [0.5, 0.6) is 5.75 Å². The number of carbonyl (C=O) groups excluding carboxylic acids is 1. The zero-order chi connectivity index (χ0) is 15.8. The summed E-state index contributed by atoms with van der Waals surface area (Å²) in [6, 6.07) is 18.4. The quantitative estimate of drug-likeness (QED) is 0.757. The van der Waals surface area contributed by atoms with Gasteiger partial charge in [0.1, 0.15) is 5.75 Å². The van der Waals surface area contributed by atoms with Crippen LogP contribution in [0, 0.1) is 0 Å². The maximum Gasteiger partial charge on any atom is 0.207 e. The second kappa shape index (κ2) is 7.64. The van der Waals surface area contributed by atoms with Gasteiger partial charge in [0, 0.05) is 17.5 Å². The zero-order valence-electron chi connectivity index (χ0n) is 13.2. The molecule has 1 atom stereocenters. The summed E-state index contributed by atoms with van der Waals surface area (Å²) in [5, 5.41) is 2.89. The molecule has 0 spiro atoms. The van der Waals surface area contributed by atoms with Gasteiger partial charge >= 0.3 is 0 Å². The predicted octanol–water partition coefficient (Wildman–Crippen LogP) is 3.53. The van der Waals surface area contributed by atoms with Crippen molar-refractivity contribution in [1.82, 2.24) is 5.32 Å². The van der Waals surface area contributed by atoms with Gasteiger partial charge in [0.2, 0.25) is 6.41 Å². The summed E-state index contributed by atoms with van der Waals surface area (Å²) in [7, 11) is 1.69. The lowest BCUT2D eigenvalue weighted by Gasteiger charge is -2.35. The molecule has 0 aliphatic carbocycles. The average Bonchev–Trinajstić information content (AvgIpc) is 2.59. The van der Waals surface area contributed by atoms with E-state index in [-0.39, 0.29) is 5.41 Å². The smallest absolute Gasteiger partial charge is 0.207 e. The molecule has 1 N–H and O–H groups in total. The number of carbonyl (C=O) groups is 1. The highest BCUT2D eigenvalue weighted by Crippen LogP contribution is 2.40. The van der Waals surface area contributed by atoms with E-state index in [4.69, 9.17) is 4.74 Å². The molecule has 22 heavy (non-hydrogen) atoms. The van der Waals surface area contributed by atoms with Gasteiger partial charge in [-0.15, -0.1) is 0 Å². The molecule has 0 fully saturated rings. The molecule has 0 bridgehead atoms. The number of amides is 1. The molecule has 2 aromatic carbocycles. The molecular weight excluding hydrogens is 274 g/mol. The topological polar surface area (TPSA) is 38.3 Å². The minimum atomic E-state index is -0.288. The summed E-state index contributed by atoms with van der Waals surface area (Å²) in [4.78, 5) is 10.9. The Kier molecular flexibility index (Phi) is 5.59. The number of nitrogens with one attached hydrogen (secondary N) is 1. The molecular formula is C19H23NO2. The molecule has 1 amide bonds. The lowest BCUT2D eigenvalue weighted by molar-refractivity contribution is -0.109. The molecule has 3 nitrogen and oxygen atoms in total. The summed E-state index contributed by atoms with van der Waals surface area (Å²) < 4.78 is 5.58. The van der Waals surface area contributed by atoms with E-state index in [0.717, 1.165) is 30.6 Å². The number of para-hydroxylation sites is 1. The third-order valence-electron chi connectivity index (χ3n) is 4.11. The lowest BCUT2D eigenvalue weighted by atomic mass is 9.71. The van der Waals surface area contributed by atoms with Crippen molar-refractivity contribution < 1.29 is 9.53 Å². The van der Waals surface area contributed by atoms with Crippen LogP contribution < -0.4 is 10.1 Å². The number of benzene rings is 2. The Morgan fingerprint density at radius 2 is 1.77 bits per heavy atom. The summed E-state index contributed by atoms with van der Waals surface area (Å²) in [6.45, 7) is 2.71. The molecule has 0 unspecified atom stereocenters. The molecule has 0 radical (unpaired) electrons. The third kappa shape index (κ3) is 3.14. The molecule has 2 rings (SSSR count). The zero-order valence-corrected chi connectivity index (χ0v) is 13.2. The van der Waals surface area contributed by atoms with Gasteiger partial charge in [0.25, 0.3) is 0 Å². The number of ether oxygens (including phenoxy) is 1. The van der Waals surface area contributed by atoms with Crippen molar-refractivity contribution in [3.05, 3.63) is 65.7 Å². The first-order valence-corrected chi connectivity index (χ1v) is 7.64. The molecule has 0 saturated heterocycles. The van der Waals surface area contributed by atoms with Crippen LogP contribution >= 0.6 is 0 Å². The maximum atomic E-state index is 10.9. The fourth-order valence-electron chi connectivity index (χ4n) is 3.16. The monoisotopic (exact) mass is 297 g/mol. The van der Waals surface area contributed by atoms with Gasteiger partial charge in [-0.2, -0.15) is 0 Å². The van der Waals surface area contributed by atoms with E-state index in [2.05, 4.69) is 30.4 Å². The fourth-order valence-corrected chi connectivity index (χ4v) is 3.16. The van der Waals surface area contributed by atoms with E-state index in [9.17, 15) is 4.79 Å². The Morgan fingerprint density at radius 1 is 1.09 bits per heavy atom. The Labute approximate surface area is 132 Å². The van der Waals surface area contributed by atoms with Crippen molar-refractivity contribution in [1.29, 1.82) is 0 Å². The standard InChI is InChI=1S/C19H23NO2/c1-3-13-19(14-20-15-21,16-9-5-4-6-10-16)17-11-7-8-12-18(17)22-2/h4-12,15H,3,13-14H2,1-2H3,(H,20,21)/t19-/m1/s1. The van der Waals surface area contributed by atoms with Gasteiger partial charge in [-0.25, -0.2) is 0 Å². The normalized spacial score (nSPS) is 13.2. The molecule has 116 valence electrons. The molecule has 3 heteroatoms. The van der Waals surface area contributed by atoms with Crippen LogP contribution in [0.2, 0.25) is 0 Å². The summed E-state index contributed by atoms with van der Waals surface area (Å²) >= 11 is 0. The number of hydrogen-bond donors (Lipinski definition) is 1. The second-order valence-electron chi connectivity index (χ2n) is 5.40. The highest BCUT2D eigenvalue weighted by Gasteiger charge is 2.35. The summed E-state index contributed by atoms with van der Waals surface area (Å²) in [6.07, 6.45) is 2.70. The minimum absolute atomic E-state index is 0.288. The Balaban J connectivity index is 2.63. The van der Waals surface area contributed by atoms with Gasteiger partial charge in [-0.05, 0) is 18.1 Å². The lowest BCUT2D eigenvalue weighted by Crippen LogP contribution is -2.39. The Hall–Kier alpha value is -2.29. The molecule has 0 aliphatic rings. The largest absolute Gasteiger partial charge is 0.496 e. The van der Waals surface area contributed by atoms with Gasteiger partial charge in [0.05, 0.1) is 7.11 Å². The molecule has 0 heterocycles. The van der Waals surface area contributed by atoms with Gasteiger partial charge in [-0.3, -0.25) is 4.79 Å². The number of rotatable bonds is 8. The van der Waals surface area contributed by atoms with Crippen LogP contribution in [0.3, 0.4) is 0 Å². The minimum Gasteiger partial charge on any atom is -0.496 e. The fraction of sp³-hybridized carbons (Fsp3) is 0.316. The summed E-state index contributed by atoms with van der Waals surface area (Å²) in [5.74, 6) is 0.854. The van der Waals surface area contributed by atoms with Crippen LogP contribution in [0.4, 0.5) is 0 Å². The number of methoxy groups -OCH3 is 1. The maximum absolute atomic E-state index is 10.9. The molecule has 0 saturated carbocycles. The second-order valence-corrected chi connectivity index (χ2v) is 5.40. The van der Waals surface area contributed by atoms with Crippen LogP contribution in [-0.4, -0.2) is 20.1 Å². The van der Waals surface area contributed by atoms with E-state index >= 15 is 0 Å². The Bertz CT molecular complexity index is 597. The van der Waals surface area contributed by atoms with Crippen molar-refractivity contribution in [3.63, 3.8) is 0 Å². The Morgan fingerprint density at radius 3 is 2.41 bits per heavy atom. The highest BCUT2D eigenvalue weighted by atomic mass is 16.5. The van der Waals surface area contributed by atoms with Gasteiger partial charge < -0.3 is 10.1 Å². The van der Waals surface area contributed by atoms with Crippen LogP contribution in [0.25, 0.3) is 0 Å². The predicted molar refractivity (Wildman–Crippen MR) is 89.2 cm³/mol. The average molecular weight is 297 g/mol. The van der Waals surface area contributed by atoms with Crippen molar-refractivity contribution in [2.45, 2.75) is 25.2 Å². The van der Waals surface area contributed by atoms with E-state index in [0.29, 0.717) is 6.54 Å². The van der Waals surface area contributed by atoms with Crippen LogP contribution in [-0.2, 0) is 10.2 Å². The van der Waals surface area contributed by atoms with E-state index < -0.39 is 0 Å². The van der Waals surface area contributed by atoms with E-state index in [1.807, 2.05) is 36.4 Å². The first-order chi connectivity index (χ1) is 10.8. The molecule has 2 aromatic rings. The third-order valence-corrected chi connectivity index (χ3v) is 4.11. The molecule has 0 aliphatic heterocycles. The van der Waals surface area contributed by atoms with Crippen molar-refractivity contribution in [3.8, 4) is 5.75 Å². The number of hydrogen-bond acceptors (Lipinski definition) is 2. The SMILES string of the molecule is CCC[C@@](CNC=O)(c1ccccc1)c1ccccc1OC. The van der Waals surface area contributed by atoms with Crippen molar-refractivity contribution in [2.75, 3.05) is 13.7 Å². The van der Waals surface area contributed by atoms with E-state index in [1.54, 1.807) is 7.11 Å². The van der Waals surface area contributed by atoms with Crippen LogP contribution in [0.1, 0.15) is 30.9 Å². The van der Waals surface area contributed by atoms with Gasteiger partial charge in [-0.1, -0.05) is 61.9 Å². The molecule has 0 aromatic heterocycles. The van der Waals surface area contributed by atoms with Gasteiger partial charge in [0.15, 0.2) is 0 Å².